The van der Waals surface area contributed by atoms with E-state index in [2.05, 4.69) is 16.7 Å². The van der Waals surface area contributed by atoms with Crippen LogP contribution in [0.4, 0.5) is 5.69 Å². The number of likely N-dealkylation sites (N-methyl/N-ethyl adjacent to an activating group) is 1. The van der Waals surface area contributed by atoms with Crippen LogP contribution in [0.25, 0.3) is 11.3 Å². The molecule has 0 bridgehead atoms. The molecule has 116 valence electrons. The number of rotatable bonds is 4. The van der Waals surface area contributed by atoms with Gasteiger partial charge in [-0.2, -0.15) is 0 Å². The highest BCUT2D eigenvalue weighted by molar-refractivity contribution is 6.33. The molecule has 1 aliphatic rings. The number of nitrogens with zero attached hydrogens (tertiary/aromatic N) is 2. The molecule has 1 saturated heterocycles. The van der Waals surface area contributed by atoms with Gasteiger partial charge >= 0.3 is 0 Å². The van der Waals surface area contributed by atoms with Gasteiger partial charge in [0, 0.05) is 31.7 Å². The summed E-state index contributed by atoms with van der Waals surface area (Å²) >= 11 is 6.46. The van der Waals surface area contributed by atoms with E-state index in [1.165, 1.54) is 0 Å². The zero-order chi connectivity index (χ0) is 15.5. The van der Waals surface area contributed by atoms with E-state index in [0.29, 0.717) is 22.8 Å². The van der Waals surface area contributed by atoms with E-state index < -0.39 is 0 Å². The Labute approximate surface area is 135 Å². The number of anilines is 1. The number of hydrogen-bond donors (Lipinski definition) is 0. The van der Waals surface area contributed by atoms with E-state index in [1.807, 2.05) is 18.2 Å². The molecule has 1 aromatic carbocycles. The van der Waals surface area contributed by atoms with Gasteiger partial charge in [0.25, 0.3) is 0 Å². The zero-order valence-electron chi connectivity index (χ0n) is 12.6. The number of furan rings is 1. The largest absolute Gasteiger partial charge is 0.453 e. The third-order valence-electron chi connectivity index (χ3n) is 4.14. The van der Waals surface area contributed by atoms with Gasteiger partial charge in [-0.15, -0.1) is 0 Å². The molecule has 0 unspecified atom stereocenters. The van der Waals surface area contributed by atoms with Crippen LogP contribution in [0.15, 0.2) is 34.7 Å². The molecule has 1 aliphatic heterocycles. The van der Waals surface area contributed by atoms with Crippen LogP contribution in [0, 0.1) is 0 Å². The molecule has 1 fully saturated rings. The molecular formula is C17H19ClN2O2. The Morgan fingerprint density at radius 2 is 1.95 bits per heavy atom. The normalized spacial score (nSPS) is 16.0. The maximum Gasteiger partial charge on any atom is 0.185 e. The molecule has 4 nitrogen and oxygen atoms in total. The Bertz CT molecular complexity index is 660. The van der Waals surface area contributed by atoms with Gasteiger partial charge in [0.15, 0.2) is 12.0 Å². The van der Waals surface area contributed by atoms with Crippen LogP contribution in [0.2, 0.25) is 5.02 Å². The summed E-state index contributed by atoms with van der Waals surface area (Å²) in [5.74, 6) is 0.984. The van der Waals surface area contributed by atoms with Crippen LogP contribution in [-0.2, 0) is 0 Å². The van der Waals surface area contributed by atoms with Gasteiger partial charge in [-0.05, 0) is 36.9 Å². The Morgan fingerprint density at radius 3 is 2.55 bits per heavy atom. The number of piperazine rings is 1. The first-order chi connectivity index (χ1) is 10.7. The maximum absolute atomic E-state index is 10.7. The molecule has 0 amide bonds. The van der Waals surface area contributed by atoms with Crippen LogP contribution >= 0.6 is 11.6 Å². The van der Waals surface area contributed by atoms with Crippen molar-refractivity contribution < 1.29 is 9.21 Å². The highest BCUT2D eigenvalue weighted by atomic mass is 35.5. The van der Waals surface area contributed by atoms with Gasteiger partial charge in [-0.3, -0.25) is 4.79 Å². The quantitative estimate of drug-likeness (QED) is 0.808. The summed E-state index contributed by atoms with van der Waals surface area (Å²) in [5.41, 5.74) is 1.94. The monoisotopic (exact) mass is 318 g/mol. The molecule has 2 aromatic rings. The van der Waals surface area contributed by atoms with Crippen LogP contribution in [0.5, 0.6) is 0 Å². The van der Waals surface area contributed by atoms with Crippen LogP contribution in [0.3, 0.4) is 0 Å². The van der Waals surface area contributed by atoms with Gasteiger partial charge in [0.1, 0.15) is 5.76 Å². The van der Waals surface area contributed by atoms with Crippen molar-refractivity contribution in [2.75, 3.05) is 37.6 Å². The molecule has 0 spiro atoms. The summed E-state index contributed by atoms with van der Waals surface area (Å²) < 4.78 is 5.44. The Morgan fingerprint density at radius 1 is 1.18 bits per heavy atom. The number of carbonyl (C=O) groups is 1. The number of aldehydes is 1. The van der Waals surface area contributed by atoms with Crippen LogP contribution in [-0.4, -0.2) is 43.9 Å². The minimum atomic E-state index is 0.325. The van der Waals surface area contributed by atoms with Crippen molar-refractivity contribution in [1.29, 1.82) is 0 Å². The molecule has 2 heterocycles. The summed E-state index contributed by atoms with van der Waals surface area (Å²) in [4.78, 5) is 15.4. The molecule has 0 aliphatic carbocycles. The third-order valence-corrected chi connectivity index (χ3v) is 4.44. The Balaban J connectivity index is 1.79. The van der Waals surface area contributed by atoms with Gasteiger partial charge in [-0.1, -0.05) is 18.5 Å². The molecule has 1 aromatic heterocycles. The predicted octanol–water partition coefficient (Wildman–Crippen LogP) is 3.55. The Hall–Kier alpha value is -1.78. The van der Waals surface area contributed by atoms with E-state index >= 15 is 0 Å². The second kappa shape index (κ2) is 6.55. The van der Waals surface area contributed by atoms with Gasteiger partial charge in [-0.25, -0.2) is 0 Å². The van der Waals surface area contributed by atoms with Crippen molar-refractivity contribution >= 4 is 23.6 Å². The highest BCUT2D eigenvalue weighted by Gasteiger charge is 2.18. The fourth-order valence-electron chi connectivity index (χ4n) is 2.79. The van der Waals surface area contributed by atoms with E-state index in [0.717, 1.165) is 44.0 Å². The predicted molar refractivity (Wildman–Crippen MR) is 88.9 cm³/mol. The van der Waals surface area contributed by atoms with Crippen molar-refractivity contribution in [1.82, 2.24) is 4.90 Å². The first kappa shape index (κ1) is 15.1. The van der Waals surface area contributed by atoms with Gasteiger partial charge in [0.2, 0.25) is 0 Å². The van der Waals surface area contributed by atoms with E-state index in [1.54, 1.807) is 12.1 Å². The molecule has 0 saturated carbocycles. The fraction of sp³-hybridized carbons (Fsp3) is 0.353. The summed E-state index contributed by atoms with van der Waals surface area (Å²) in [6.07, 6.45) is 0.701. The molecule has 0 atom stereocenters. The van der Waals surface area contributed by atoms with E-state index in [9.17, 15) is 4.79 Å². The fourth-order valence-corrected chi connectivity index (χ4v) is 3.09. The lowest BCUT2D eigenvalue weighted by Crippen LogP contribution is -2.46. The lowest BCUT2D eigenvalue weighted by atomic mass is 10.1. The molecular weight excluding hydrogens is 300 g/mol. The Kier molecular flexibility index (Phi) is 4.50. The van der Waals surface area contributed by atoms with E-state index in [-0.39, 0.29) is 0 Å². The van der Waals surface area contributed by atoms with Crippen LogP contribution in [0.1, 0.15) is 17.5 Å². The minimum Gasteiger partial charge on any atom is -0.453 e. The van der Waals surface area contributed by atoms with Crippen molar-refractivity contribution in [2.45, 2.75) is 6.92 Å². The lowest BCUT2D eigenvalue weighted by molar-refractivity contribution is 0.110. The number of halogens is 1. The standard InChI is InChI=1S/C17H19ClN2O2/c1-2-19-7-9-20(10-8-19)16-5-3-13(11-15(16)18)17-6-4-14(12-21)22-17/h3-6,11-12H,2,7-10H2,1H3. The highest BCUT2D eigenvalue weighted by Crippen LogP contribution is 2.32. The smallest absolute Gasteiger partial charge is 0.185 e. The molecule has 0 N–H and O–H groups in total. The van der Waals surface area contributed by atoms with Crippen molar-refractivity contribution in [3.8, 4) is 11.3 Å². The molecule has 22 heavy (non-hydrogen) atoms. The van der Waals surface area contributed by atoms with Crippen molar-refractivity contribution in [3.05, 3.63) is 41.1 Å². The second-order valence-electron chi connectivity index (χ2n) is 5.41. The summed E-state index contributed by atoms with van der Waals surface area (Å²) in [6, 6.07) is 9.36. The summed E-state index contributed by atoms with van der Waals surface area (Å²) in [7, 11) is 0. The van der Waals surface area contributed by atoms with E-state index in [4.69, 9.17) is 16.0 Å². The first-order valence-electron chi connectivity index (χ1n) is 7.53. The first-order valence-corrected chi connectivity index (χ1v) is 7.91. The average Bonchev–Trinajstić information content (AvgIpc) is 3.04. The number of carbonyl (C=O) groups excluding carboxylic acids is 1. The minimum absolute atomic E-state index is 0.325. The van der Waals surface area contributed by atoms with Crippen LogP contribution < -0.4 is 4.90 Å². The van der Waals surface area contributed by atoms with Gasteiger partial charge < -0.3 is 14.2 Å². The molecule has 3 rings (SSSR count). The van der Waals surface area contributed by atoms with Crippen molar-refractivity contribution in [2.24, 2.45) is 0 Å². The number of hydrogen-bond acceptors (Lipinski definition) is 4. The van der Waals surface area contributed by atoms with Gasteiger partial charge in [0.05, 0.1) is 10.7 Å². The summed E-state index contributed by atoms with van der Waals surface area (Å²) in [6.45, 7) is 7.39. The molecule has 0 radical (unpaired) electrons. The second-order valence-corrected chi connectivity index (χ2v) is 5.81. The SMILES string of the molecule is CCN1CCN(c2ccc(-c3ccc(C=O)o3)cc2Cl)CC1. The number of benzene rings is 1. The molecule has 5 heteroatoms. The average molecular weight is 319 g/mol. The lowest BCUT2D eigenvalue weighted by Gasteiger charge is -2.36. The topological polar surface area (TPSA) is 36.7 Å². The third kappa shape index (κ3) is 3.03. The zero-order valence-corrected chi connectivity index (χ0v) is 13.3. The maximum atomic E-state index is 10.7. The van der Waals surface area contributed by atoms with Crippen molar-refractivity contribution in [3.63, 3.8) is 0 Å². The summed E-state index contributed by atoms with van der Waals surface area (Å²) in [5, 5.41) is 0.714.